The molecule has 0 saturated carbocycles. The highest BCUT2D eigenvalue weighted by Crippen LogP contribution is 2.41. The SMILES string of the molecule is CCC1([C@@H]2CCCN2C)NCCc2ccc(S(N)(=O)=O)cc21. The lowest BCUT2D eigenvalue weighted by molar-refractivity contribution is 0.140. The van der Waals surface area contributed by atoms with E-state index in [9.17, 15) is 8.42 Å². The van der Waals surface area contributed by atoms with Crippen LogP contribution in [0.2, 0.25) is 0 Å². The molecule has 1 unspecified atom stereocenters. The zero-order chi connectivity index (χ0) is 16.0. The second kappa shape index (κ2) is 5.60. The first-order valence-electron chi connectivity index (χ1n) is 8.00. The summed E-state index contributed by atoms with van der Waals surface area (Å²) in [6, 6.07) is 5.77. The van der Waals surface area contributed by atoms with Crippen molar-refractivity contribution >= 4 is 10.0 Å². The fourth-order valence-electron chi connectivity index (χ4n) is 4.26. The van der Waals surface area contributed by atoms with Crippen LogP contribution < -0.4 is 10.5 Å². The molecule has 0 aromatic heterocycles. The molecule has 5 nitrogen and oxygen atoms in total. The Morgan fingerprint density at radius 1 is 1.45 bits per heavy atom. The van der Waals surface area contributed by atoms with Gasteiger partial charge < -0.3 is 10.2 Å². The van der Waals surface area contributed by atoms with Crippen LogP contribution in [0.4, 0.5) is 0 Å². The van der Waals surface area contributed by atoms with E-state index in [-0.39, 0.29) is 10.4 Å². The van der Waals surface area contributed by atoms with Crippen LogP contribution in [-0.4, -0.2) is 39.5 Å². The summed E-state index contributed by atoms with van der Waals surface area (Å²) in [5.74, 6) is 0. The predicted molar refractivity (Wildman–Crippen MR) is 87.1 cm³/mol. The summed E-state index contributed by atoms with van der Waals surface area (Å²) in [6.07, 6.45) is 4.19. The van der Waals surface area contributed by atoms with Gasteiger partial charge in [-0.3, -0.25) is 0 Å². The molecule has 0 spiro atoms. The number of nitrogens with one attached hydrogen (secondary N) is 1. The molecular formula is C16H25N3O2S. The van der Waals surface area contributed by atoms with Crippen LogP contribution >= 0.6 is 0 Å². The standard InChI is InChI=1S/C16H25N3O2S/c1-3-16(15-5-4-10-19(15)2)14-11-13(22(17,20)21)7-6-12(14)8-9-18-16/h6-7,11,15,18H,3-5,8-10H2,1-2H3,(H2,17,20,21)/t15-,16?/m0/s1. The maximum atomic E-state index is 11.8. The molecule has 1 saturated heterocycles. The maximum absolute atomic E-state index is 11.8. The van der Waals surface area contributed by atoms with Crippen LogP contribution in [0.25, 0.3) is 0 Å². The molecule has 1 fully saturated rings. The van der Waals surface area contributed by atoms with E-state index >= 15 is 0 Å². The smallest absolute Gasteiger partial charge is 0.238 e. The minimum atomic E-state index is -3.67. The van der Waals surface area contributed by atoms with Gasteiger partial charge in [-0.1, -0.05) is 13.0 Å². The van der Waals surface area contributed by atoms with Crippen molar-refractivity contribution in [2.75, 3.05) is 20.1 Å². The molecule has 2 atom stereocenters. The van der Waals surface area contributed by atoms with Crippen molar-refractivity contribution in [2.24, 2.45) is 5.14 Å². The van der Waals surface area contributed by atoms with Crippen LogP contribution in [0.5, 0.6) is 0 Å². The number of primary sulfonamides is 1. The quantitative estimate of drug-likeness (QED) is 0.876. The predicted octanol–water partition coefficient (Wildman–Crippen LogP) is 1.18. The van der Waals surface area contributed by atoms with E-state index in [1.807, 2.05) is 6.07 Å². The van der Waals surface area contributed by atoms with Crippen molar-refractivity contribution in [2.45, 2.75) is 49.1 Å². The van der Waals surface area contributed by atoms with Crippen molar-refractivity contribution in [3.05, 3.63) is 29.3 Å². The van der Waals surface area contributed by atoms with Gasteiger partial charge in [0.15, 0.2) is 0 Å². The van der Waals surface area contributed by atoms with Crippen molar-refractivity contribution < 1.29 is 8.42 Å². The molecule has 2 heterocycles. The van der Waals surface area contributed by atoms with E-state index < -0.39 is 10.0 Å². The average molecular weight is 323 g/mol. The number of sulfonamides is 1. The van der Waals surface area contributed by atoms with Gasteiger partial charge in [0.2, 0.25) is 10.0 Å². The molecular weight excluding hydrogens is 298 g/mol. The molecule has 0 bridgehead atoms. The van der Waals surface area contributed by atoms with E-state index in [1.54, 1.807) is 12.1 Å². The fraction of sp³-hybridized carbons (Fsp3) is 0.625. The summed E-state index contributed by atoms with van der Waals surface area (Å²) in [6.45, 7) is 4.20. The van der Waals surface area contributed by atoms with Crippen molar-refractivity contribution in [3.63, 3.8) is 0 Å². The zero-order valence-electron chi connectivity index (χ0n) is 13.3. The minimum absolute atomic E-state index is 0.181. The summed E-state index contributed by atoms with van der Waals surface area (Å²) in [5.41, 5.74) is 2.18. The van der Waals surface area contributed by atoms with Gasteiger partial charge in [-0.05, 0) is 62.5 Å². The fourth-order valence-corrected chi connectivity index (χ4v) is 4.80. The zero-order valence-corrected chi connectivity index (χ0v) is 14.1. The average Bonchev–Trinajstić information content (AvgIpc) is 2.91. The van der Waals surface area contributed by atoms with Gasteiger partial charge in [-0.2, -0.15) is 0 Å². The lowest BCUT2D eigenvalue weighted by Crippen LogP contribution is -2.58. The van der Waals surface area contributed by atoms with Gasteiger partial charge >= 0.3 is 0 Å². The number of hydrogen-bond acceptors (Lipinski definition) is 4. The summed E-state index contributed by atoms with van der Waals surface area (Å²) < 4.78 is 23.5. The van der Waals surface area contributed by atoms with Gasteiger partial charge in [0.25, 0.3) is 0 Å². The lowest BCUT2D eigenvalue weighted by atomic mass is 9.74. The van der Waals surface area contributed by atoms with Gasteiger partial charge in [-0.15, -0.1) is 0 Å². The Balaban J connectivity index is 2.15. The summed E-state index contributed by atoms with van der Waals surface area (Å²) in [5, 5.41) is 9.05. The molecule has 0 aliphatic carbocycles. The highest BCUT2D eigenvalue weighted by molar-refractivity contribution is 7.89. The molecule has 3 N–H and O–H groups in total. The van der Waals surface area contributed by atoms with E-state index in [1.165, 1.54) is 12.0 Å². The lowest BCUT2D eigenvalue weighted by Gasteiger charge is -2.46. The van der Waals surface area contributed by atoms with Crippen LogP contribution in [0.3, 0.4) is 0 Å². The summed E-state index contributed by atoms with van der Waals surface area (Å²) in [4.78, 5) is 2.61. The third kappa shape index (κ3) is 2.48. The number of likely N-dealkylation sites (tertiary alicyclic amines) is 1. The Morgan fingerprint density at radius 2 is 2.23 bits per heavy atom. The van der Waals surface area contributed by atoms with Crippen LogP contribution in [0.1, 0.15) is 37.3 Å². The Morgan fingerprint density at radius 3 is 2.82 bits per heavy atom. The van der Waals surface area contributed by atoms with Crippen LogP contribution in [0.15, 0.2) is 23.1 Å². The number of rotatable bonds is 3. The third-order valence-electron chi connectivity index (χ3n) is 5.37. The van der Waals surface area contributed by atoms with E-state index in [0.29, 0.717) is 6.04 Å². The van der Waals surface area contributed by atoms with Gasteiger partial charge in [0.05, 0.1) is 10.4 Å². The van der Waals surface area contributed by atoms with E-state index in [2.05, 4.69) is 24.2 Å². The molecule has 0 radical (unpaired) electrons. The van der Waals surface area contributed by atoms with Crippen molar-refractivity contribution in [3.8, 4) is 0 Å². The Hall–Kier alpha value is -0.950. The van der Waals surface area contributed by atoms with Crippen molar-refractivity contribution in [1.82, 2.24) is 10.2 Å². The van der Waals surface area contributed by atoms with Gasteiger partial charge in [-0.25, -0.2) is 13.6 Å². The number of nitrogens with two attached hydrogens (primary N) is 1. The largest absolute Gasteiger partial charge is 0.306 e. The van der Waals surface area contributed by atoms with E-state index in [0.717, 1.165) is 37.9 Å². The number of benzene rings is 1. The normalized spacial score (nSPS) is 29.5. The minimum Gasteiger partial charge on any atom is -0.306 e. The first-order valence-corrected chi connectivity index (χ1v) is 9.54. The molecule has 3 rings (SSSR count). The molecule has 0 amide bonds. The van der Waals surface area contributed by atoms with Crippen LogP contribution in [-0.2, 0) is 22.0 Å². The van der Waals surface area contributed by atoms with E-state index in [4.69, 9.17) is 5.14 Å². The molecule has 122 valence electrons. The molecule has 6 heteroatoms. The number of fused-ring (bicyclic) bond motifs is 1. The Bertz CT molecular complexity index is 674. The topological polar surface area (TPSA) is 75.4 Å². The van der Waals surface area contributed by atoms with Gasteiger partial charge in [0, 0.05) is 12.6 Å². The number of hydrogen-bond donors (Lipinski definition) is 2. The molecule has 2 aliphatic rings. The Kier molecular flexibility index (Phi) is 4.05. The number of nitrogens with zero attached hydrogens (tertiary/aromatic N) is 1. The highest BCUT2D eigenvalue weighted by atomic mass is 32.2. The highest BCUT2D eigenvalue weighted by Gasteiger charge is 2.45. The van der Waals surface area contributed by atoms with Crippen molar-refractivity contribution in [1.29, 1.82) is 0 Å². The first-order chi connectivity index (χ1) is 10.4. The van der Waals surface area contributed by atoms with Crippen LogP contribution in [0, 0.1) is 0 Å². The molecule has 1 aromatic rings. The third-order valence-corrected chi connectivity index (χ3v) is 6.28. The molecule has 2 aliphatic heterocycles. The Labute approximate surface area is 132 Å². The monoisotopic (exact) mass is 323 g/mol. The second-order valence-corrected chi connectivity index (χ2v) is 8.07. The molecule has 22 heavy (non-hydrogen) atoms. The maximum Gasteiger partial charge on any atom is 0.238 e. The first kappa shape index (κ1) is 15.9. The summed E-state index contributed by atoms with van der Waals surface area (Å²) in [7, 11) is -1.51. The second-order valence-electron chi connectivity index (χ2n) is 6.50. The molecule has 1 aromatic carbocycles. The number of likely N-dealkylation sites (N-methyl/N-ethyl adjacent to an activating group) is 1. The van der Waals surface area contributed by atoms with Gasteiger partial charge in [0.1, 0.15) is 0 Å². The summed E-state index contributed by atoms with van der Waals surface area (Å²) >= 11 is 0.